The fourth-order valence-corrected chi connectivity index (χ4v) is 4.70. The summed E-state index contributed by atoms with van der Waals surface area (Å²) >= 11 is 0. The van der Waals surface area contributed by atoms with Crippen molar-refractivity contribution in [1.29, 1.82) is 0 Å². The van der Waals surface area contributed by atoms with Crippen molar-refractivity contribution in [2.75, 3.05) is 0 Å². The summed E-state index contributed by atoms with van der Waals surface area (Å²) < 4.78 is 1.58. The van der Waals surface area contributed by atoms with Crippen molar-refractivity contribution in [2.45, 2.75) is 6.92 Å². The van der Waals surface area contributed by atoms with Gasteiger partial charge in [0.1, 0.15) is 6.33 Å². The van der Waals surface area contributed by atoms with E-state index >= 15 is 0 Å². The largest absolute Gasteiger partial charge is 0.366 e. The van der Waals surface area contributed by atoms with Crippen LogP contribution >= 0.6 is 0 Å². The summed E-state index contributed by atoms with van der Waals surface area (Å²) in [5.74, 6) is -0.504. The number of amides is 1. The van der Waals surface area contributed by atoms with Gasteiger partial charge in [0.15, 0.2) is 0 Å². The number of pyridine rings is 1. The maximum absolute atomic E-state index is 13.3. The normalized spacial score (nSPS) is 11.4. The number of nitrogens with two attached hydrogens (primary N) is 1. The van der Waals surface area contributed by atoms with Crippen LogP contribution in [0.3, 0.4) is 0 Å². The highest BCUT2D eigenvalue weighted by atomic mass is 16.1. The maximum atomic E-state index is 13.3. The van der Waals surface area contributed by atoms with Crippen LogP contribution in [-0.2, 0) is 0 Å². The summed E-state index contributed by atoms with van der Waals surface area (Å²) in [5.41, 5.74) is 11.6. The number of aromatic amines is 1. The number of aromatic nitrogens is 4. The Labute approximate surface area is 193 Å². The van der Waals surface area contributed by atoms with Crippen molar-refractivity contribution >= 4 is 38.6 Å². The first-order valence-corrected chi connectivity index (χ1v) is 10.8. The van der Waals surface area contributed by atoms with E-state index in [-0.39, 0.29) is 5.56 Å². The zero-order valence-electron chi connectivity index (χ0n) is 18.2. The van der Waals surface area contributed by atoms with Crippen LogP contribution in [-0.4, -0.2) is 25.4 Å². The molecule has 164 valence electrons. The number of hydrogen-bond acceptors (Lipinski definition) is 4. The minimum atomic E-state index is -0.504. The van der Waals surface area contributed by atoms with E-state index in [1.165, 1.54) is 0 Å². The molecule has 6 rings (SSSR count). The summed E-state index contributed by atoms with van der Waals surface area (Å²) in [7, 11) is 0. The fourth-order valence-electron chi connectivity index (χ4n) is 4.70. The van der Waals surface area contributed by atoms with Crippen LogP contribution in [0, 0.1) is 6.92 Å². The van der Waals surface area contributed by atoms with Crippen LogP contribution in [0.15, 0.2) is 84.2 Å². The van der Waals surface area contributed by atoms with Gasteiger partial charge in [-0.1, -0.05) is 30.3 Å². The van der Waals surface area contributed by atoms with Crippen molar-refractivity contribution in [2.24, 2.45) is 5.73 Å². The molecule has 0 radical (unpaired) electrons. The predicted octanol–water partition coefficient (Wildman–Crippen LogP) is 4.49. The number of carbonyl (C=O) groups is 1. The first-order chi connectivity index (χ1) is 16.5. The van der Waals surface area contributed by atoms with Crippen LogP contribution in [0.2, 0.25) is 0 Å². The van der Waals surface area contributed by atoms with E-state index in [1.54, 1.807) is 35.4 Å². The molecule has 0 spiro atoms. The van der Waals surface area contributed by atoms with Gasteiger partial charge in [0.05, 0.1) is 27.7 Å². The van der Waals surface area contributed by atoms with E-state index in [0.717, 1.165) is 38.7 Å². The van der Waals surface area contributed by atoms with Crippen LogP contribution in [0.4, 0.5) is 0 Å². The Bertz CT molecular complexity index is 1830. The lowest BCUT2D eigenvalue weighted by Gasteiger charge is -2.15. The van der Waals surface area contributed by atoms with E-state index in [2.05, 4.69) is 15.0 Å². The van der Waals surface area contributed by atoms with Gasteiger partial charge >= 0.3 is 0 Å². The van der Waals surface area contributed by atoms with Gasteiger partial charge in [-0.2, -0.15) is 0 Å². The van der Waals surface area contributed by atoms with Gasteiger partial charge < -0.3 is 10.7 Å². The van der Waals surface area contributed by atoms with Crippen molar-refractivity contribution in [3.05, 3.63) is 101 Å². The van der Waals surface area contributed by atoms with Crippen molar-refractivity contribution in [1.82, 2.24) is 19.5 Å². The molecule has 7 heteroatoms. The highest BCUT2D eigenvalue weighted by molar-refractivity contribution is 6.19. The monoisotopic (exact) mass is 445 g/mol. The van der Waals surface area contributed by atoms with Crippen LogP contribution < -0.4 is 11.3 Å². The lowest BCUT2D eigenvalue weighted by Crippen LogP contribution is -2.19. The highest BCUT2D eigenvalue weighted by Gasteiger charge is 2.19. The lowest BCUT2D eigenvalue weighted by atomic mass is 9.93. The molecule has 1 amide bonds. The van der Waals surface area contributed by atoms with Crippen molar-refractivity contribution in [3.63, 3.8) is 0 Å². The standard InChI is InChI=1S/C27H19N5O2/c1-15-16(6-4-8-23(15)32-14-30-21-7-3-2-5-18(21)27(32)34)17-9-10-19(26(28)33)25-24(17)20-13-29-12-11-22(20)31-25/h2-14,31H,1H3,(H2,28,33). The minimum Gasteiger partial charge on any atom is -0.366 e. The number of benzene rings is 3. The molecule has 0 atom stereocenters. The Morgan fingerprint density at radius 2 is 1.82 bits per heavy atom. The SMILES string of the molecule is Cc1c(-c2ccc(C(N)=O)c3[nH]c4ccncc4c23)cccc1-n1cnc2ccccc2c1=O. The number of nitrogens with one attached hydrogen (secondary N) is 1. The van der Waals surface area contributed by atoms with Crippen molar-refractivity contribution in [3.8, 4) is 16.8 Å². The van der Waals surface area contributed by atoms with Crippen LogP contribution in [0.25, 0.3) is 49.5 Å². The Morgan fingerprint density at radius 3 is 2.68 bits per heavy atom. The summed E-state index contributed by atoms with van der Waals surface area (Å²) in [4.78, 5) is 37.5. The third kappa shape index (κ3) is 2.84. The number of carbonyl (C=O) groups excluding carboxylic acids is 1. The molecule has 0 aliphatic heterocycles. The molecule has 6 aromatic rings. The number of para-hydroxylation sites is 1. The number of primary amides is 1. The van der Waals surface area contributed by atoms with E-state index in [0.29, 0.717) is 22.0 Å². The van der Waals surface area contributed by atoms with Crippen LogP contribution in [0.1, 0.15) is 15.9 Å². The molecular weight excluding hydrogens is 426 g/mol. The topological polar surface area (TPSA) is 107 Å². The molecule has 0 aliphatic carbocycles. The molecular formula is C27H19N5O2. The lowest BCUT2D eigenvalue weighted by molar-refractivity contribution is 0.100. The Balaban J connectivity index is 1.65. The average Bonchev–Trinajstić information content (AvgIpc) is 3.24. The van der Waals surface area contributed by atoms with Gasteiger partial charge in [-0.05, 0) is 53.9 Å². The number of hydrogen-bond donors (Lipinski definition) is 2. The Morgan fingerprint density at radius 1 is 0.971 bits per heavy atom. The van der Waals surface area contributed by atoms with Gasteiger partial charge in [-0.3, -0.25) is 19.1 Å². The second kappa shape index (κ2) is 7.38. The summed E-state index contributed by atoms with van der Waals surface area (Å²) in [6.45, 7) is 1.98. The van der Waals surface area contributed by atoms with Gasteiger partial charge in [-0.15, -0.1) is 0 Å². The molecule has 0 fully saturated rings. The van der Waals surface area contributed by atoms with Crippen molar-refractivity contribution < 1.29 is 4.79 Å². The third-order valence-electron chi connectivity index (χ3n) is 6.34. The zero-order valence-corrected chi connectivity index (χ0v) is 18.2. The highest BCUT2D eigenvalue weighted by Crippen LogP contribution is 2.38. The molecule has 34 heavy (non-hydrogen) atoms. The molecule has 3 aromatic carbocycles. The van der Waals surface area contributed by atoms with Gasteiger partial charge in [0, 0.05) is 28.7 Å². The second-order valence-electron chi connectivity index (χ2n) is 8.21. The number of nitrogens with zero attached hydrogens (tertiary/aromatic N) is 3. The number of fused-ring (bicyclic) bond motifs is 4. The number of H-pyrrole nitrogens is 1. The molecule has 0 aliphatic rings. The summed E-state index contributed by atoms with van der Waals surface area (Å²) in [6.07, 6.45) is 5.05. The molecule has 0 saturated heterocycles. The average molecular weight is 445 g/mol. The molecule has 3 N–H and O–H groups in total. The second-order valence-corrected chi connectivity index (χ2v) is 8.21. The molecule has 0 unspecified atom stereocenters. The first-order valence-electron chi connectivity index (χ1n) is 10.8. The molecule has 7 nitrogen and oxygen atoms in total. The smallest absolute Gasteiger partial charge is 0.265 e. The van der Waals surface area contributed by atoms with E-state index < -0.39 is 5.91 Å². The van der Waals surface area contributed by atoms with Gasteiger partial charge in [-0.25, -0.2) is 4.98 Å². The van der Waals surface area contributed by atoms with Gasteiger partial charge in [0.2, 0.25) is 0 Å². The Hall–Kier alpha value is -4.78. The molecule has 0 bridgehead atoms. The van der Waals surface area contributed by atoms with Gasteiger partial charge in [0.25, 0.3) is 11.5 Å². The molecule has 3 aromatic heterocycles. The minimum absolute atomic E-state index is 0.128. The van der Waals surface area contributed by atoms with E-state index in [4.69, 9.17) is 5.73 Å². The summed E-state index contributed by atoms with van der Waals surface area (Å²) in [5, 5.41) is 2.32. The first kappa shape index (κ1) is 19.9. The quantitative estimate of drug-likeness (QED) is 0.418. The Kier molecular flexibility index (Phi) is 4.31. The third-order valence-corrected chi connectivity index (χ3v) is 6.34. The fraction of sp³-hybridized carbons (Fsp3) is 0.0370. The van der Waals surface area contributed by atoms with Crippen LogP contribution in [0.5, 0.6) is 0 Å². The zero-order chi connectivity index (χ0) is 23.4. The molecule has 0 saturated carbocycles. The van der Waals surface area contributed by atoms with E-state index in [9.17, 15) is 9.59 Å². The predicted molar refractivity (Wildman–Crippen MR) is 133 cm³/mol. The number of rotatable bonds is 3. The molecule has 3 heterocycles. The van der Waals surface area contributed by atoms with E-state index in [1.807, 2.05) is 55.5 Å². The summed E-state index contributed by atoms with van der Waals surface area (Å²) in [6, 6.07) is 18.6. The maximum Gasteiger partial charge on any atom is 0.265 e.